The Morgan fingerprint density at radius 3 is 2.46 bits per heavy atom. The molecule has 1 aromatic rings. The first-order valence-corrected chi connectivity index (χ1v) is 9.86. The summed E-state index contributed by atoms with van der Waals surface area (Å²) in [6, 6.07) is 8.14. The highest BCUT2D eigenvalue weighted by molar-refractivity contribution is 7.94. The molecule has 0 aliphatic rings. The zero-order chi connectivity index (χ0) is 17.8. The van der Waals surface area contributed by atoms with Crippen LogP contribution in [0.4, 0.5) is 4.79 Å². The van der Waals surface area contributed by atoms with E-state index in [0.29, 0.717) is 6.42 Å². The molecule has 0 fully saturated rings. The van der Waals surface area contributed by atoms with Crippen LogP contribution in [0.5, 0.6) is 0 Å². The maximum atomic E-state index is 12.3. The molecule has 0 amide bonds. The third-order valence-corrected chi connectivity index (χ3v) is 4.84. The van der Waals surface area contributed by atoms with Crippen molar-refractivity contribution in [1.82, 2.24) is 0 Å². The van der Waals surface area contributed by atoms with Crippen LogP contribution >= 0.6 is 0 Å². The molecule has 0 saturated heterocycles. The number of carbonyl (C=O) groups is 1. The Labute approximate surface area is 144 Å². The Kier molecular flexibility index (Phi) is 9.15. The lowest BCUT2D eigenvalue weighted by Crippen LogP contribution is -2.17. The van der Waals surface area contributed by atoms with Crippen molar-refractivity contribution >= 4 is 16.0 Å². The predicted molar refractivity (Wildman–Crippen MR) is 93.4 cm³/mol. The van der Waals surface area contributed by atoms with Gasteiger partial charge in [-0.3, -0.25) is 0 Å². The molecule has 0 aliphatic heterocycles. The van der Waals surface area contributed by atoms with Crippen molar-refractivity contribution in [3.8, 4) is 0 Å². The number of rotatable bonds is 10. The third kappa shape index (κ3) is 7.64. The molecule has 1 aromatic carbocycles. The number of benzene rings is 1. The Morgan fingerprint density at radius 1 is 1.12 bits per heavy atom. The number of unbranched alkanes of at least 4 members (excludes halogenated alkanes) is 3. The third-order valence-electron chi connectivity index (χ3n) is 3.40. The van der Waals surface area contributed by atoms with Gasteiger partial charge in [0.1, 0.15) is 6.10 Å². The minimum absolute atomic E-state index is 0.210. The number of hydrogen-bond acceptors (Lipinski definition) is 5. The summed E-state index contributed by atoms with van der Waals surface area (Å²) in [4.78, 5) is 11.7. The van der Waals surface area contributed by atoms with Gasteiger partial charge in [-0.15, -0.1) is 0 Å². The summed E-state index contributed by atoms with van der Waals surface area (Å²) in [5.41, 5.74) is 0. The van der Waals surface area contributed by atoms with Crippen molar-refractivity contribution in [3.63, 3.8) is 0 Å². The highest BCUT2D eigenvalue weighted by atomic mass is 32.2. The van der Waals surface area contributed by atoms with Gasteiger partial charge in [0, 0.05) is 5.41 Å². The summed E-state index contributed by atoms with van der Waals surface area (Å²) in [6.07, 6.45) is 4.66. The van der Waals surface area contributed by atoms with E-state index in [2.05, 4.69) is 6.92 Å². The van der Waals surface area contributed by atoms with Crippen LogP contribution in [-0.2, 0) is 19.3 Å². The molecule has 0 aromatic heterocycles. The summed E-state index contributed by atoms with van der Waals surface area (Å²) in [7, 11) is -3.55. The van der Waals surface area contributed by atoms with Gasteiger partial charge in [-0.05, 0) is 38.0 Å². The van der Waals surface area contributed by atoms with E-state index in [0.717, 1.165) is 31.1 Å². The zero-order valence-corrected chi connectivity index (χ0v) is 15.1. The molecule has 0 bridgehead atoms. The lowest BCUT2D eigenvalue weighted by Gasteiger charge is -2.14. The quantitative estimate of drug-likeness (QED) is 0.457. The van der Waals surface area contributed by atoms with Crippen LogP contribution in [0.2, 0.25) is 0 Å². The molecule has 6 heteroatoms. The molecule has 1 atom stereocenters. The van der Waals surface area contributed by atoms with E-state index in [1.165, 1.54) is 18.2 Å². The number of ether oxygens (including phenoxy) is 2. The normalized spacial score (nSPS) is 12.9. The average molecular weight is 354 g/mol. The first-order chi connectivity index (χ1) is 11.5. The second kappa shape index (κ2) is 10.9. The van der Waals surface area contributed by atoms with Gasteiger partial charge < -0.3 is 9.47 Å². The molecule has 134 valence electrons. The van der Waals surface area contributed by atoms with Crippen LogP contribution in [0.3, 0.4) is 0 Å². The highest BCUT2D eigenvalue weighted by Gasteiger charge is 2.15. The van der Waals surface area contributed by atoms with E-state index in [1.54, 1.807) is 25.1 Å². The van der Waals surface area contributed by atoms with E-state index in [4.69, 9.17) is 9.47 Å². The van der Waals surface area contributed by atoms with E-state index >= 15 is 0 Å². The minimum Gasteiger partial charge on any atom is -0.435 e. The fourth-order valence-corrected chi connectivity index (χ4v) is 3.20. The van der Waals surface area contributed by atoms with Gasteiger partial charge in [-0.25, -0.2) is 13.2 Å². The van der Waals surface area contributed by atoms with E-state index in [9.17, 15) is 13.2 Å². The molecule has 0 radical (unpaired) electrons. The van der Waals surface area contributed by atoms with Crippen LogP contribution in [0.15, 0.2) is 46.7 Å². The van der Waals surface area contributed by atoms with Crippen molar-refractivity contribution in [2.45, 2.75) is 57.0 Å². The molecule has 0 saturated carbocycles. The maximum Gasteiger partial charge on any atom is 0.508 e. The van der Waals surface area contributed by atoms with Crippen LogP contribution < -0.4 is 0 Å². The summed E-state index contributed by atoms with van der Waals surface area (Å²) in [5.74, 6) is 0. The summed E-state index contributed by atoms with van der Waals surface area (Å²) in [5, 5.41) is 1.10. The molecule has 0 N–H and O–H groups in total. The Hall–Kier alpha value is -1.82. The molecule has 5 nitrogen and oxygen atoms in total. The van der Waals surface area contributed by atoms with Crippen molar-refractivity contribution in [3.05, 3.63) is 41.8 Å². The van der Waals surface area contributed by atoms with Gasteiger partial charge in [0.2, 0.25) is 0 Å². The lowest BCUT2D eigenvalue weighted by molar-refractivity contribution is 0.0376. The monoisotopic (exact) mass is 354 g/mol. The van der Waals surface area contributed by atoms with Gasteiger partial charge in [0.25, 0.3) is 0 Å². The Morgan fingerprint density at radius 2 is 1.83 bits per heavy atom. The average Bonchev–Trinajstić information content (AvgIpc) is 2.57. The summed E-state index contributed by atoms with van der Waals surface area (Å²) >= 11 is 0. The fraction of sp³-hybridized carbons (Fsp3) is 0.500. The smallest absolute Gasteiger partial charge is 0.435 e. The molecule has 1 rings (SSSR count). The predicted octanol–water partition coefficient (Wildman–Crippen LogP) is 4.49. The molecule has 0 aliphatic carbocycles. The fourth-order valence-electron chi connectivity index (χ4n) is 2.12. The van der Waals surface area contributed by atoms with E-state index in [1.807, 2.05) is 0 Å². The van der Waals surface area contributed by atoms with Crippen molar-refractivity contribution in [2.75, 3.05) is 6.61 Å². The molecule has 0 heterocycles. The topological polar surface area (TPSA) is 69.7 Å². The molecular weight excluding hydrogens is 328 g/mol. The molecule has 24 heavy (non-hydrogen) atoms. The largest absolute Gasteiger partial charge is 0.508 e. The molecule has 1 unspecified atom stereocenters. The van der Waals surface area contributed by atoms with Crippen molar-refractivity contribution < 1.29 is 22.7 Å². The Balaban J connectivity index is 2.76. The number of hydrogen-bond donors (Lipinski definition) is 0. The molecular formula is C18H26O5S. The summed E-state index contributed by atoms with van der Waals surface area (Å²) in [6.45, 7) is 4.01. The van der Waals surface area contributed by atoms with Gasteiger partial charge in [0.15, 0.2) is 9.84 Å². The van der Waals surface area contributed by atoms with E-state index in [-0.39, 0.29) is 11.5 Å². The SMILES string of the molecule is CCCCCCC(/C=C/S(=O)(=O)c1ccccc1)OC(=O)OCC. The Bertz CT molecular complexity index is 608. The maximum absolute atomic E-state index is 12.3. The second-order valence-corrected chi connectivity index (χ2v) is 7.21. The number of carbonyl (C=O) groups excluding carboxylic acids is 1. The summed E-state index contributed by atoms with van der Waals surface area (Å²) < 4.78 is 34.5. The first-order valence-electron chi connectivity index (χ1n) is 8.31. The van der Waals surface area contributed by atoms with Crippen LogP contribution in [0.25, 0.3) is 0 Å². The van der Waals surface area contributed by atoms with Gasteiger partial charge in [-0.1, -0.05) is 44.4 Å². The van der Waals surface area contributed by atoms with Gasteiger partial charge >= 0.3 is 6.16 Å². The van der Waals surface area contributed by atoms with E-state index < -0.39 is 22.1 Å². The first kappa shape index (κ1) is 20.2. The lowest BCUT2D eigenvalue weighted by atomic mass is 10.1. The second-order valence-electron chi connectivity index (χ2n) is 5.38. The zero-order valence-electron chi connectivity index (χ0n) is 14.3. The highest BCUT2D eigenvalue weighted by Crippen LogP contribution is 2.15. The standard InChI is InChI=1S/C18H26O5S/c1-3-5-6-8-11-16(23-18(19)22-4-2)14-15-24(20,21)17-12-9-7-10-13-17/h7,9-10,12-16H,3-6,8,11H2,1-2H3/b15-14+. The van der Waals surface area contributed by atoms with Gasteiger partial charge in [-0.2, -0.15) is 0 Å². The van der Waals surface area contributed by atoms with Crippen molar-refractivity contribution in [1.29, 1.82) is 0 Å². The molecule has 0 spiro atoms. The van der Waals surface area contributed by atoms with Crippen LogP contribution in [0, 0.1) is 0 Å². The van der Waals surface area contributed by atoms with Crippen LogP contribution in [0.1, 0.15) is 46.0 Å². The number of sulfone groups is 1. The van der Waals surface area contributed by atoms with Crippen LogP contribution in [-0.4, -0.2) is 27.3 Å². The van der Waals surface area contributed by atoms with Crippen molar-refractivity contribution in [2.24, 2.45) is 0 Å². The van der Waals surface area contributed by atoms with Gasteiger partial charge in [0.05, 0.1) is 11.5 Å². The minimum atomic E-state index is -3.55.